The Hall–Kier alpha value is -0.890. The third kappa shape index (κ3) is 3.79. The first-order valence-corrected chi connectivity index (χ1v) is 8.07. The molecule has 1 saturated carbocycles. The van der Waals surface area contributed by atoms with E-state index >= 15 is 0 Å². The summed E-state index contributed by atoms with van der Waals surface area (Å²) >= 11 is 0. The Labute approximate surface area is 114 Å². The van der Waals surface area contributed by atoms with Crippen molar-refractivity contribution in [1.29, 1.82) is 0 Å². The fourth-order valence-corrected chi connectivity index (χ4v) is 3.01. The molecule has 0 aliphatic heterocycles. The van der Waals surface area contributed by atoms with Crippen molar-refractivity contribution in [2.75, 3.05) is 19.6 Å². The van der Waals surface area contributed by atoms with Crippen LogP contribution in [0.1, 0.15) is 25.5 Å². The Morgan fingerprint density at radius 1 is 1.47 bits per heavy atom. The second kappa shape index (κ2) is 6.04. The Bertz CT molecular complexity index is 508. The zero-order valence-corrected chi connectivity index (χ0v) is 11.9. The van der Waals surface area contributed by atoms with Gasteiger partial charge in [-0.05, 0) is 31.5 Å². The molecular formula is C12H21N3O3S. The molecule has 1 heterocycles. The molecule has 1 aromatic heterocycles. The van der Waals surface area contributed by atoms with Gasteiger partial charge in [0.25, 0.3) is 10.0 Å². The molecule has 7 heteroatoms. The fourth-order valence-electron chi connectivity index (χ4n) is 2.05. The molecule has 3 N–H and O–H groups in total. The van der Waals surface area contributed by atoms with Crippen molar-refractivity contribution in [3.63, 3.8) is 0 Å². The normalized spacial score (nSPS) is 16.2. The number of hydrogen-bond donors (Lipinski definition) is 2. The van der Waals surface area contributed by atoms with Gasteiger partial charge in [-0.3, -0.25) is 4.90 Å². The summed E-state index contributed by atoms with van der Waals surface area (Å²) in [5.74, 6) is 0.466. The molecule has 0 saturated heterocycles. The van der Waals surface area contributed by atoms with Crippen LogP contribution in [-0.4, -0.2) is 39.0 Å². The third-order valence-corrected chi connectivity index (χ3v) is 4.60. The van der Waals surface area contributed by atoms with Crippen molar-refractivity contribution in [3.05, 3.63) is 17.9 Å². The average molecular weight is 287 g/mol. The van der Waals surface area contributed by atoms with Gasteiger partial charge in [-0.25, -0.2) is 13.1 Å². The SMILES string of the molecule is CCN(CCNS(=O)(=O)c1ccc(CN)o1)C1CC1. The molecule has 1 aliphatic rings. The summed E-state index contributed by atoms with van der Waals surface area (Å²) in [5.41, 5.74) is 5.39. The molecule has 0 radical (unpaired) electrons. The lowest BCUT2D eigenvalue weighted by Gasteiger charge is -2.19. The van der Waals surface area contributed by atoms with E-state index in [0.717, 1.165) is 13.1 Å². The molecule has 1 aliphatic carbocycles. The number of rotatable bonds is 8. The molecule has 0 spiro atoms. The Kier molecular flexibility index (Phi) is 4.62. The van der Waals surface area contributed by atoms with Crippen molar-refractivity contribution < 1.29 is 12.8 Å². The standard InChI is InChI=1S/C12H21N3O3S/c1-2-15(10-3-4-10)8-7-14-19(16,17)12-6-5-11(9-13)18-12/h5-6,10,14H,2-4,7-9,13H2,1H3. The first kappa shape index (κ1) is 14.5. The van der Waals surface area contributed by atoms with Crippen LogP contribution in [0.4, 0.5) is 0 Å². The highest BCUT2D eigenvalue weighted by atomic mass is 32.2. The molecule has 0 bridgehead atoms. The van der Waals surface area contributed by atoms with Crippen molar-refractivity contribution in [1.82, 2.24) is 9.62 Å². The molecule has 0 amide bonds. The second-order valence-corrected chi connectivity index (χ2v) is 6.38. The minimum absolute atomic E-state index is 0.0672. The quantitative estimate of drug-likeness (QED) is 0.727. The average Bonchev–Trinajstić information content (AvgIpc) is 3.10. The van der Waals surface area contributed by atoms with E-state index in [1.165, 1.54) is 18.9 Å². The third-order valence-electron chi connectivity index (χ3n) is 3.26. The number of nitrogens with two attached hydrogens (primary N) is 1. The van der Waals surface area contributed by atoms with Gasteiger partial charge in [0.1, 0.15) is 5.76 Å². The van der Waals surface area contributed by atoms with Crippen LogP contribution in [0, 0.1) is 0 Å². The first-order valence-electron chi connectivity index (χ1n) is 6.59. The number of nitrogens with zero attached hydrogens (tertiary/aromatic N) is 1. The van der Waals surface area contributed by atoms with Gasteiger partial charge in [-0.1, -0.05) is 6.92 Å². The number of nitrogens with one attached hydrogen (secondary N) is 1. The lowest BCUT2D eigenvalue weighted by atomic mass is 10.4. The maximum absolute atomic E-state index is 12.0. The summed E-state index contributed by atoms with van der Waals surface area (Å²) in [5, 5.41) is -0.0672. The summed E-state index contributed by atoms with van der Waals surface area (Å²) in [6, 6.07) is 3.65. The monoisotopic (exact) mass is 287 g/mol. The van der Waals surface area contributed by atoms with Gasteiger partial charge < -0.3 is 10.2 Å². The van der Waals surface area contributed by atoms with Crippen LogP contribution in [-0.2, 0) is 16.6 Å². The van der Waals surface area contributed by atoms with E-state index in [9.17, 15) is 8.42 Å². The number of furan rings is 1. The first-order chi connectivity index (χ1) is 9.06. The summed E-state index contributed by atoms with van der Waals surface area (Å²) in [6.45, 7) is 4.36. The van der Waals surface area contributed by atoms with Crippen molar-refractivity contribution >= 4 is 10.0 Å². The minimum Gasteiger partial charge on any atom is -0.447 e. The predicted octanol–water partition coefficient (Wildman–Crippen LogP) is 0.501. The largest absolute Gasteiger partial charge is 0.447 e. The topological polar surface area (TPSA) is 88.6 Å². The number of likely N-dealkylation sites (N-methyl/N-ethyl adjacent to an activating group) is 1. The fraction of sp³-hybridized carbons (Fsp3) is 0.667. The van der Waals surface area contributed by atoms with Gasteiger partial charge in [0, 0.05) is 19.1 Å². The Balaban J connectivity index is 1.86. The van der Waals surface area contributed by atoms with Crippen molar-refractivity contribution in [2.45, 2.75) is 37.4 Å². The highest BCUT2D eigenvalue weighted by Crippen LogP contribution is 2.25. The molecule has 108 valence electrons. The van der Waals surface area contributed by atoms with Crippen LogP contribution in [0.3, 0.4) is 0 Å². The van der Waals surface area contributed by atoms with Gasteiger partial charge in [-0.15, -0.1) is 0 Å². The lowest BCUT2D eigenvalue weighted by Crippen LogP contribution is -2.36. The minimum atomic E-state index is -3.56. The highest BCUT2D eigenvalue weighted by Gasteiger charge is 2.27. The zero-order valence-electron chi connectivity index (χ0n) is 11.1. The van der Waals surface area contributed by atoms with E-state index in [4.69, 9.17) is 10.2 Å². The molecule has 0 unspecified atom stereocenters. The zero-order chi connectivity index (χ0) is 13.9. The van der Waals surface area contributed by atoms with Gasteiger partial charge in [-0.2, -0.15) is 0 Å². The van der Waals surface area contributed by atoms with E-state index in [0.29, 0.717) is 18.3 Å². The van der Waals surface area contributed by atoms with Crippen LogP contribution >= 0.6 is 0 Å². The lowest BCUT2D eigenvalue weighted by molar-refractivity contribution is 0.282. The van der Waals surface area contributed by atoms with E-state index in [2.05, 4.69) is 16.5 Å². The van der Waals surface area contributed by atoms with Gasteiger partial charge in [0.2, 0.25) is 5.09 Å². The van der Waals surface area contributed by atoms with Crippen LogP contribution in [0.15, 0.2) is 21.6 Å². The Morgan fingerprint density at radius 2 is 2.21 bits per heavy atom. The summed E-state index contributed by atoms with van der Waals surface area (Å²) in [6.07, 6.45) is 2.44. The molecular weight excluding hydrogens is 266 g/mol. The number of hydrogen-bond acceptors (Lipinski definition) is 5. The van der Waals surface area contributed by atoms with Crippen LogP contribution in [0.25, 0.3) is 0 Å². The Morgan fingerprint density at radius 3 is 2.74 bits per heavy atom. The predicted molar refractivity (Wildman–Crippen MR) is 72.1 cm³/mol. The molecule has 2 rings (SSSR count). The maximum atomic E-state index is 12.0. The molecule has 6 nitrogen and oxygen atoms in total. The van der Waals surface area contributed by atoms with E-state index < -0.39 is 10.0 Å². The number of sulfonamides is 1. The molecule has 1 fully saturated rings. The van der Waals surface area contributed by atoms with Gasteiger partial charge in [0.15, 0.2) is 0 Å². The molecule has 0 aromatic carbocycles. The van der Waals surface area contributed by atoms with E-state index in [-0.39, 0.29) is 11.6 Å². The van der Waals surface area contributed by atoms with E-state index in [1.807, 2.05) is 0 Å². The van der Waals surface area contributed by atoms with Crippen LogP contribution < -0.4 is 10.5 Å². The summed E-state index contributed by atoms with van der Waals surface area (Å²) in [7, 11) is -3.56. The van der Waals surface area contributed by atoms with Crippen molar-refractivity contribution in [3.8, 4) is 0 Å². The summed E-state index contributed by atoms with van der Waals surface area (Å²) in [4.78, 5) is 2.29. The molecule has 0 atom stereocenters. The highest BCUT2D eigenvalue weighted by molar-refractivity contribution is 7.89. The van der Waals surface area contributed by atoms with Crippen LogP contribution in [0.5, 0.6) is 0 Å². The maximum Gasteiger partial charge on any atom is 0.274 e. The van der Waals surface area contributed by atoms with E-state index in [1.54, 1.807) is 6.07 Å². The smallest absolute Gasteiger partial charge is 0.274 e. The van der Waals surface area contributed by atoms with Crippen molar-refractivity contribution in [2.24, 2.45) is 5.73 Å². The van der Waals surface area contributed by atoms with Gasteiger partial charge >= 0.3 is 0 Å². The van der Waals surface area contributed by atoms with Gasteiger partial charge in [0.05, 0.1) is 6.54 Å². The summed E-state index contributed by atoms with van der Waals surface area (Å²) < 4.78 is 31.6. The van der Waals surface area contributed by atoms with Crippen LogP contribution in [0.2, 0.25) is 0 Å². The second-order valence-electron chi connectivity index (χ2n) is 4.68. The molecule has 1 aromatic rings. The molecule has 19 heavy (non-hydrogen) atoms.